The first-order valence-corrected chi connectivity index (χ1v) is 6.46. The van der Waals surface area contributed by atoms with Crippen LogP contribution < -0.4 is 10.6 Å². The lowest BCUT2D eigenvalue weighted by Gasteiger charge is -2.27. The smallest absolute Gasteiger partial charge is 0.0457 e. The van der Waals surface area contributed by atoms with Gasteiger partial charge in [-0.15, -0.1) is 0 Å². The predicted molar refractivity (Wildman–Crippen MR) is 72.3 cm³/mol. The van der Waals surface area contributed by atoms with Crippen LogP contribution in [-0.4, -0.2) is 37.6 Å². The Balaban J connectivity index is 1.87. The van der Waals surface area contributed by atoms with Crippen LogP contribution in [0.15, 0.2) is 18.2 Å². The number of likely N-dealkylation sites (N-methyl/N-ethyl adjacent to an activating group) is 1. The van der Waals surface area contributed by atoms with Crippen molar-refractivity contribution in [3.05, 3.63) is 23.8 Å². The third-order valence-electron chi connectivity index (χ3n) is 4.32. The Morgan fingerprint density at radius 2 is 2.12 bits per heavy atom. The van der Waals surface area contributed by atoms with Gasteiger partial charge in [0.1, 0.15) is 0 Å². The average Bonchev–Trinajstić information content (AvgIpc) is 2.81. The van der Waals surface area contributed by atoms with Crippen molar-refractivity contribution in [3.8, 4) is 0 Å². The van der Waals surface area contributed by atoms with E-state index < -0.39 is 0 Å². The molecule has 2 heterocycles. The highest BCUT2D eigenvalue weighted by molar-refractivity contribution is 5.59. The quantitative estimate of drug-likeness (QED) is 0.747. The van der Waals surface area contributed by atoms with Crippen molar-refractivity contribution >= 4 is 11.4 Å². The molecule has 0 amide bonds. The standard InChI is InChI=1S/C14H21N3/c1-10-7-12(3-4-13(10)15)17-6-5-11-8-16(2)9-14(11)17/h3-4,7,11,14H,5-6,8-9,15H2,1-2H3. The summed E-state index contributed by atoms with van der Waals surface area (Å²) in [6, 6.07) is 7.15. The molecule has 0 bridgehead atoms. The van der Waals surface area contributed by atoms with Crippen LogP contribution in [0.2, 0.25) is 0 Å². The van der Waals surface area contributed by atoms with Crippen molar-refractivity contribution in [3.63, 3.8) is 0 Å². The largest absolute Gasteiger partial charge is 0.399 e. The van der Waals surface area contributed by atoms with Gasteiger partial charge in [0.15, 0.2) is 0 Å². The number of fused-ring (bicyclic) bond motifs is 1. The maximum Gasteiger partial charge on any atom is 0.0457 e. The SMILES string of the molecule is Cc1cc(N2CCC3CN(C)CC32)ccc1N. The third-order valence-corrected chi connectivity index (χ3v) is 4.32. The van der Waals surface area contributed by atoms with Gasteiger partial charge in [0, 0.05) is 37.1 Å². The molecule has 2 atom stereocenters. The second-order valence-electron chi connectivity index (χ2n) is 5.57. The molecule has 17 heavy (non-hydrogen) atoms. The average molecular weight is 231 g/mol. The van der Waals surface area contributed by atoms with E-state index in [4.69, 9.17) is 5.73 Å². The first kappa shape index (κ1) is 10.9. The number of anilines is 2. The molecule has 3 heteroatoms. The van der Waals surface area contributed by atoms with Crippen LogP contribution in [0.4, 0.5) is 11.4 Å². The molecule has 1 aromatic rings. The van der Waals surface area contributed by atoms with Crippen LogP contribution >= 0.6 is 0 Å². The lowest BCUT2D eigenvalue weighted by molar-refractivity contribution is 0.386. The number of nitrogens with zero attached hydrogens (tertiary/aromatic N) is 2. The normalized spacial score (nSPS) is 28.7. The number of aryl methyl sites for hydroxylation is 1. The summed E-state index contributed by atoms with van der Waals surface area (Å²) in [5.41, 5.74) is 9.32. The minimum absolute atomic E-state index is 0.711. The van der Waals surface area contributed by atoms with Gasteiger partial charge in [-0.05, 0) is 50.1 Å². The van der Waals surface area contributed by atoms with Gasteiger partial charge in [-0.1, -0.05) is 0 Å². The van der Waals surface area contributed by atoms with Gasteiger partial charge >= 0.3 is 0 Å². The zero-order chi connectivity index (χ0) is 12.0. The molecule has 0 aromatic heterocycles. The Hall–Kier alpha value is -1.22. The van der Waals surface area contributed by atoms with Gasteiger partial charge in [-0.2, -0.15) is 0 Å². The zero-order valence-electron chi connectivity index (χ0n) is 10.7. The highest BCUT2D eigenvalue weighted by atomic mass is 15.3. The second kappa shape index (κ2) is 3.91. The van der Waals surface area contributed by atoms with Gasteiger partial charge in [-0.25, -0.2) is 0 Å². The monoisotopic (exact) mass is 231 g/mol. The first-order valence-electron chi connectivity index (χ1n) is 6.46. The van der Waals surface area contributed by atoms with E-state index in [-0.39, 0.29) is 0 Å². The fourth-order valence-electron chi connectivity index (χ4n) is 3.33. The summed E-state index contributed by atoms with van der Waals surface area (Å²) in [5, 5.41) is 0. The Kier molecular flexibility index (Phi) is 2.51. The number of rotatable bonds is 1. The summed E-state index contributed by atoms with van der Waals surface area (Å²) in [6.07, 6.45) is 1.33. The number of nitrogens with two attached hydrogens (primary N) is 1. The third kappa shape index (κ3) is 1.78. The highest BCUT2D eigenvalue weighted by Crippen LogP contribution is 2.35. The summed E-state index contributed by atoms with van der Waals surface area (Å²) in [6.45, 7) is 5.75. The highest BCUT2D eigenvalue weighted by Gasteiger charge is 2.39. The van der Waals surface area contributed by atoms with E-state index in [9.17, 15) is 0 Å². The molecule has 3 rings (SSSR count). The van der Waals surface area contributed by atoms with Crippen LogP contribution in [-0.2, 0) is 0 Å². The molecular weight excluding hydrogens is 210 g/mol. The van der Waals surface area contributed by atoms with Gasteiger partial charge in [0.2, 0.25) is 0 Å². The molecule has 0 saturated carbocycles. The maximum atomic E-state index is 5.89. The van der Waals surface area contributed by atoms with Gasteiger partial charge in [0.25, 0.3) is 0 Å². The number of nitrogen functional groups attached to an aromatic ring is 1. The Morgan fingerprint density at radius 3 is 2.88 bits per heavy atom. The molecule has 2 aliphatic heterocycles. The van der Waals surface area contributed by atoms with E-state index in [1.54, 1.807) is 0 Å². The Bertz CT molecular complexity index is 429. The van der Waals surface area contributed by atoms with Crippen LogP contribution in [0.3, 0.4) is 0 Å². The number of likely N-dealkylation sites (tertiary alicyclic amines) is 1. The van der Waals surface area contributed by atoms with E-state index in [2.05, 4.69) is 35.9 Å². The molecule has 3 nitrogen and oxygen atoms in total. The second-order valence-corrected chi connectivity index (χ2v) is 5.57. The van der Waals surface area contributed by atoms with Crippen molar-refractivity contribution in [2.24, 2.45) is 5.92 Å². The van der Waals surface area contributed by atoms with E-state index >= 15 is 0 Å². The van der Waals surface area contributed by atoms with Crippen molar-refractivity contribution in [2.45, 2.75) is 19.4 Å². The van der Waals surface area contributed by atoms with Gasteiger partial charge < -0.3 is 15.5 Å². The summed E-state index contributed by atoms with van der Waals surface area (Å²) in [5.74, 6) is 0.859. The van der Waals surface area contributed by atoms with Crippen molar-refractivity contribution in [2.75, 3.05) is 37.3 Å². The lowest BCUT2D eigenvalue weighted by Crippen LogP contribution is -2.34. The Labute approximate surface area is 103 Å². The van der Waals surface area contributed by atoms with Crippen molar-refractivity contribution < 1.29 is 0 Å². The molecule has 2 fully saturated rings. The van der Waals surface area contributed by atoms with Crippen LogP contribution in [0.5, 0.6) is 0 Å². The molecule has 2 aliphatic rings. The molecular formula is C14H21N3. The molecule has 0 radical (unpaired) electrons. The molecule has 92 valence electrons. The van der Waals surface area contributed by atoms with Gasteiger partial charge in [-0.3, -0.25) is 0 Å². The minimum atomic E-state index is 0.711. The lowest BCUT2D eigenvalue weighted by atomic mass is 10.0. The van der Waals surface area contributed by atoms with Gasteiger partial charge in [0.05, 0.1) is 0 Å². The summed E-state index contributed by atoms with van der Waals surface area (Å²) in [7, 11) is 2.23. The summed E-state index contributed by atoms with van der Waals surface area (Å²) in [4.78, 5) is 5.02. The molecule has 2 unspecified atom stereocenters. The van der Waals surface area contributed by atoms with Crippen molar-refractivity contribution in [1.29, 1.82) is 0 Å². The summed E-state index contributed by atoms with van der Waals surface area (Å²) < 4.78 is 0. The summed E-state index contributed by atoms with van der Waals surface area (Å²) >= 11 is 0. The van der Waals surface area contributed by atoms with Crippen LogP contribution in [0.1, 0.15) is 12.0 Å². The van der Waals surface area contributed by atoms with E-state index in [1.807, 2.05) is 6.07 Å². The fourth-order valence-corrected chi connectivity index (χ4v) is 3.33. The number of hydrogen-bond acceptors (Lipinski definition) is 3. The van der Waals surface area contributed by atoms with E-state index in [0.29, 0.717) is 6.04 Å². The van der Waals surface area contributed by atoms with E-state index in [1.165, 1.54) is 37.3 Å². The fraction of sp³-hybridized carbons (Fsp3) is 0.571. The zero-order valence-corrected chi connectivity index (χ0v) is 10.7. The van der Waals surface area contributed by atoms with Crippen LogP contribution in [0, 0.1) is 12.8 Å². The predicted octanol–water partition coefficient (Wildman–Crippen LogP) is 1.72. The number of benzene rings is 1. The molecule has 2 N–H and O–H groups in total. The van der Waals surface area contributed by atoms with Crippen LogP contribution in [0.25, 0.3) is 0 Å². The minimum Gasteiger partial charge on any atom is -0.399 e. The van der Waals surface area contributed by atoms with Crippen molar-refractivity contribution in [1.82, 2.24) is 4.90 Å². The Morgan fingerprint density at radius 1 is 1.29 bits per heavy atom. The molecule has 2 saturated heterocycles. The molecule has 0 aliphatic carbocycles. The molecule has 1 aromatic carbocycles. The maximum absolute atomic E-state index is 5.89. The topological polar surface area (TPSA) is 32.5 Å². The first-order chi connectivity index (χ1) is 8.15. The van der Waals surface area contributed by atoms with E-state index in [0.717, 1.165) is 11.6 Å². The molecule has 0 spiro atoms. The number of hydrogen-bond donors (Lipinski definition) is 1.